The van der Waals surface area contributed by atoms with Crippen molar-refractivity contribution in [1.29, 1.82) is 0 Å². The highest BCUT2D eigenvalue weighted by Crippen LogP contribution is 2.33. The van der Waals surface area contributed by atoms with Crippen LogP contribution in [-0.2, 0) is 0 Å². The second kappa shape index (κ2) is 8.55. The van der Waals surface area contributed by atoms with Crippen LogP contribution in [0.1, 0.15) is 5.56 Å². The molecule has 12 nitrogen and oxygen atoms in total. The first-order chi connectivity index (χ1) is 15.9. The lowest BCUT2D eigenvalue weighted by Crippen LogP contribution is -2.17. The lowest BCUT2D eigenvalue weighted by Gasteiger charge is -2.15. The number of hydrazone groups is 1. The lowest BCUT2D eigenvalue weighted by atomic mass is 10.1. The molecule has 1 heterocycles. The van der Waals surface area contributed by atoms with E-state index in [9.17, 15) is 30.1 Å². The van der Waals surface area contributed by atoms with E-state index in [1.807, 2.05) is 6.07 Å². The molecule has 0 aliphatic heterocycles. The third-order valence-corrected chi connectivity index (χ3v) is 4.69. The van der Waals surface area contributed by atoms with Crippen molar-refractivity contribution < 1.29 is 15.0 Å². The van der Waals surface area contributed by atoms with E-state index in [-0.39, 0.29) is 11.5 Å². The molecule has 0 radical (unpaired) electrons. The maximum atomic E-state index is 12.5. The van der Waals surface area contributed by atoms with Gasteiger partial charge in [-0.3, -0.25) is 29.6 Å². The molecule has 0 spiro atoms. The third kappa shape index (κ3) is 4.07. The van der Waals surface area contributed by atoms with Crippen LogP contribution in [0, 0.1) is 20.2 Å². The number of anilines is 1. The molecule has 0 atom stereocenters. The predicted molar refractivity (Wildman–Crippen MR) is 120 cm³/mol. The van der Waals surface area contributed by atoms with Crippen LogP contribution in [0.15, 0.2) is 76.6 Å². The molecule has 4 aromatic rings. The van der Waals surface area contributed by atoms with Crippen molar-refractivity contribution in [2.24, 2.45) is 5.10 Å². The van der Waals surface area contributed by atoms with E-state index in [0.717, 1.165) is 12.3 Å². The summed E-state index contributed by atoms with van der Waals surface area (Å²) in [4.78, 5) is 37.0. The zero-order chi connectivity index (χ0) is 23.5. The van der Waals surface area contributed by atoms with Gasteiger partial charge in [0.05, 0.1) is 38.6 Å². The van der Waals surface area contributed by atoms with Crippen molar-refractivity contribution in [2.45, 2.75) is 0 Å². The molecule has 4 rings (SSSR count). The van der Waals surface area contributed by atoms with E-state index in [1.165, 1.54) is 0 Å². The van der Waals surface area contributed by atoms with Gasteiger partial charge in [-0.2, -0.15) is 10.1 Å². The van der Waals surface area contributed by atoms with Crippen molar-refractivity contribution >= 4 is 34.4 Å². The molecular weight excluding hydrogens is 432 g/mol. The molecule has 0 unspecified atom stereocenters. The Labute approximate surface area is 184 Å². The molecule has 0 bridgehead atoms. The number of para-hydroxylation sites is 2. The number of aromatic nitrogens is 2. The second-order valence-electron chi connectivity index (χ2n) is 6.72. The normalized spacial score (nSPS) is 11.0. The van der Waals surface area contributed by atoms with Crippen LogP contribution in [0.2, 0.25) is 0 Å². The van der Waals surface area contributed by atoms with Crippen LogP contribution in [0.4, 0.5) is 17.3 Å². The number of non-ortho nitro benzene ring substituents is 1. The summed E-state index contributed by atoms with van der Waals surface area (Å²) in [6.45, 7) is 0. The molecule has 3 aromatic carbocycles. The summed E-state index contributed by atoms with van der Waals surface area (Å²) >= 11 is 0. The van der Waals surface area contributed by atoms with Crippen LogP contribution >= 0.6 is 0 Å². The standard InChI is InChI=1S/C21H14N6O6/c28-19-13(10-15(26(30)31)11-18(19)27(32)33)12-22-24-21-23-20(29)16-8-4-5-9-17(16)25(21)14-6-2-1-3-7-14/h1-12,28H,(H,23,24,29)/b22-12-. The number of benzene rings is 3. The minimum atomic E-state index is -0.939. The number of rotatable bonds is 6. The molecule has 0 aliphatic carbocycles. The highest BCUT2D eigenvalue weighted by atomic mass is 16.6. The van der Waals surface area contributed by atoms with Crippen molar-refractivity contribution in [3.63, 3.8) is 0 Å². The van der Waals surface area contributed by atoms with Crippen LogP contribution in [0.25, 0.3) is 16.6 Å². The van der Waals surface area contributed by atoms with Gasteiger partial charge >= 0.3 is 5.69 Å². The fraction of sp³-hybridized carbons (Fsp3) is 0. The van der Waals surface area contributed by atoms with Gasteiger partial charge in [0.2, 0.25) is 11.7 Å². The summed E-state index contributed by atoms with van der Waals surface area (Å²) in [5, 5.41) is 36.6. The summed E-state index contributed by atoms with van der Waals surface area (Å²) in [6, 6.07) is 17.4. The van der Waals surface area contributed by atoms with E-state index in [1.54, 1.807) is 53.1 Å². The van der Waals surface area contributed by atoms with Gasteiger partial charge in [0.15, 0.2) is 0 Å². The minimum Gasteiger partial charge on any atom is -0.502 e. The maximum absolute atomic E-state index is 12.5. The van der Waals surface area contributed by atoms with Gasteiger partial charge in [0, 0.05) is 11.8 Å². The largest absolute Gasteiger partial charge is 0.502 e. The molecule has 0 amide bonds. The molecule has 164 valence electrons. The van der Waals surface area contributed by atoms with E-state index < -0.39 is 32.5 Å². The number of phenolic OH excluding ortho intramolecular Hbond substituents is 1. The van der Waals surface area contributed by atoms with Crippen molar-refractivity contribution in [3.8, 4) is 11.4 Å². The number of nitro benzene ring substituents is 2. The average molecular weight is 446 g/mol. The molecule has 12 heteroatoms. The first-order valence-electron chi connectivity index (χ1n) is 9.39. The van der Waals surface area contributed by atoms with Gasteiger partial charge in [0.1, 0.15) is 0 Å². The molecule has 0 fully saturated rings. The lowest BCUT2D eigenvalue weighted by molar-refractivity contribution is -0.394. The van der Waals surface area contributed by atoms with Gasteiger partial charge in [0.25, 0.3) is 11.2 Å². The highest BCUT2D eigenvalue weighted by molar-refractivity contribution is 5.88. The fourth-order valence-corrected chi connectivity index (χ4v) is 3.21. The molecule has 1 aromatic heterocycles. The minimum absolute atomic E-state index is 0.0283. The number of nitro groups is 2. The Morgan fingerprint density at radius 2 is 1.70 bits per heavy atom. The Balaban J connectivity index is 1.81. The van der Waals surface area contributed by atoms with Crippen molar-refractivity contribution in [3.05, 3.63) is 103 Å². The second-order valence-corrected chi connectivity index (χ2v) is 6.72. The van der Waals surface area contributed by atoms with Gasteiger partial charge in [-0.05, 0) is 24.3 Å². The van der Waals surface area contributed by atoms with Crippen LogP contribution in [-0.4, -0.2) is 30.7 Å². The highest BCUT2D eigenvalue weighted by Gasteiger charge is 2.23. The number of hydrogen-bond acceptors (Lipinski definition) is 9. The zero-order valence-electron chi connectivity index (χ0n) is 16.7. The number of nitrogens with zero attached hydrogens (tertiary/aromatic N) is 5. The topological polar surface area (TPSA) is 166 Å². The quantitative estimate of drug-likeness (QED) is 0.258. The SMILES string of the molecule is O=c1nc(N/N=C\c2cc([N+](=O)[O-])cc([N+](=O)[O-])c2O)n(-c2ccccc2)c2ccccc12. The number of hydrogen-bond donors (Lipinski definition) is 2. The smallest absolute Gasteiger partial charge is 0.318 e. The Hall–Kier alpha value is -5.13. The Morgan fingerprint density at radius 3 is 2.39 bits per heavy atom. The van der Waals surface area contributed by atoms with Crippen molar-refractivity contribution in [1.82, 2.24) is 9.55 Å². The fourth-order valence-electron chi connectivity index (χ4n) is 3.21. The molecule has 33 heavy (non-hydrogen) atoms. The molecule has 0 aliphatic rings. The monoisotopic (exact) mass is 446 g/mol. The molecular formula is C21H14N6O6. The number of fused-ring (bicyclic) bond motifs is 1. The van der Waals surface area contributed by atoms with E-state index in [0.29, 0.717) is 22.7 Å². The molecule has 0 saturated carbocycles. The Bertz CT molecular complexity index is 1480. The summed E-state index contributed by atoms with van der Waals surface area (Å²) in [6.07, 6.45) is 0.964. The maximum Gasteiger partial charge on any atom is 0.318 e. The van der Waals surface area contributed by atoms with Gasteiger partial charge in [-0.25, -0.2) is 5.43 Å². The summed E-state index contributed by atoms with van der Waals surface area (Å²) in [7, 11) is 0. The van der Waals surface area contributed by atoms with Crippen molar-refractivity contribution in [2.75, 3.05) is 5.43 Å². The van der Waals surface area contributed by atoms with Gasteiger partial charge < -0.3 is 5.11 Å². The molecule has 0 saturated heterocycles. The van der Waals surface area contributed by atoms with Crippen LogP contribution in [0.5, 0.6) is 5.75 Å². The van der Waals surface area contributed by atoms with Crippen LogP contribution in [0.3, 0.4) is 0 Å². The summed E-state index contributed by atoms with van der Waals surface area (Å²) < 4.78 is 1.64. The first kappa shape index (κ1) is 21.1. The molecule has 2 N–H and O–H groups in total. The zero-order valence-corrected chi connectivity index (χ0v) is 16.7. The Kier molecular flexibility index (Phi) is 5.47. The number of nitrogens with one attached hydrogen (secondary N) is 1. The van der Waals surface area contributed by atoms with E-state index in [4.69, 9.17) is 0 Å². The number of aromatic hydroxyl groups is 1. The van der Waals surface area contributed by atoms with Gasteiger partial charge in [-0.15, -0.1) is 0 Å². The van der Waals surface area contributed by atoms with E-state index >= 15 is 0 Å². The summed E-state index contributed by atoms with van der Waals surface area (Å²) in [5.41, 5.74) is 1.61. The van der Waals surface area contributed by atoms with E-state index in [2.05, 4.69) is 15.5 Å². The van der Waals surface area contributed by atoms with Gasteiger partial charge in [-0.1, -0.05) is 30.3 Å². The first-order valence-corrected chi connectivity index (χ1v) is 9.39. The summed E-state index contributed by atoms with van der Waals surface area (Å²) in [5.74, 6) is -0.761. The Morgan fingerprint density at radius 1 is 1.00 bits per heavy atom. The third-order valence-electron chi connectivity index (χ3n) is 4.69. The van der Waals surface area contributed by atoms with Crippen LogP contribution < -0.4 is 11.0 Å². The number of phenols is 1. The predicted octanol–water partition coefficient (Wildman–Crippen LogP) is 3.35. The average Bonchev–Trinajstić information content (AvgIpc) is 2.80.